The van der Waals surface area contributed by atoms with Crippen LogP contribution in [0.2, 0.25) is 5.02 Å². The Labute approximate surface area is 149 Å². The zero-order valence-corrected chi connectivity index (χ0v) is 14.1. The molecule has 0 heterocycles. The first-order chi connectivity index (χ1) is 11.9. The molecule has 0 aliphatic heterocycles. The van der Waals surface area contributed by atoms with E-state index in [1.54, 1.807) is 37.3 Å². The normalized spacial score (nSPS) is 11.0. The molecule has 130 valence electrons. The van der Waals surface area contributed by atoms with Crippen molar-refractivity contribution in [1.29, 1.82) is 0 Å². The minimum absolute atomic E-state index is 0.0105. The summed E-state index contributed by atoms with van der Waals surface area (Å²) in [6, 6.07) is 11.0. The second-order valence-corrected chi connectivity index (χ2v) is 5.37. The molecule has 0 bridgehead atoms. The number of hydrogen-bond donors (Lipinski definition) is 3. The molecule has 2 aromatic carbocycles. The molecule has 0 saturated heterocycles. The monoisotopic (exact) mass is 361 g/mol. The van der Waals surface area contributed by atoms with Gasteiger partial charge in [-0.05, 0) is 42.8 Å². The molecule has 7 heteroatoms. The Morgan fingerprint density at radius 1 is 1.24 bits per heavy atom. The molecule has 0 fully saturated rings. The van der Waals surface area contributed by atoms with Crippen LogP contribution >= 0.6 is 11.6 Å². The number of halogens is 1. The fourth-order valence-corrected chi connectivity index (χ4v) is 2.26. The van der Waals surface area contributed by atoms with Crippen molar-refractivity contribution in [3.63, 3.8) is 0 Å². The van der Waals surface area contributed by atoms with Gasteiger partial charge in [0.1, 0.15) is 5.70 Å². The highest BCUT2D eigenvalue weighted by molar-refractivity contribution is 6.32. The first kappa shape index (κ1) is 18.4. The van der Waals surface area contributed by atoms with Gasteiger partial charge in [-0.2, -0.15) is 0 Å². The van der Waals surface area contributed by atoms with Crippen LogP contribution in [0.4, 0.5) is 0 Å². The summed E-state index contributed by atoms with van der Waals surface area (Å²) in [6.45, 7) is 2.03. The molecule has 25 heavy (non-hydrogen) atoms. The van der Waals surface area contributed by atoms with Crippen molar-refractivity contribution >= 4 is 29.6 Å². The predicted octanol–water partition coefficient (Wildman–Crippen LogP) is 3.30. The number of ether oxygens (including phenoxy) is 1. The Balaban J connectivity index is 2.34. The second kappa shape index (κ2) is 8.21. The zero-order chi connectivity index (χ0) is 18.4. The second-order valence-electron chi connectivity index (χ2n) is 4.97. The summed E-state index contributed by atoms with van der Waals surface area (Å²) in [4.78, 5) is 23.6. The van der Waals surface area contributed by atoms with Gasteiger partial charge in [-0.15, -0.1) is 0 Å². The number of phenolic OH excluding ortho intramolecular Hbond substituents is 1. The van der Waals surface area contributed by atoms with Crippen LogP contribution in [-0.4, -0.2) is 28.7 Å². The Hall–Kier alpha value is -2.99. The van der Waals surface area contributed by atoms with E-state index in [9.17, 15) is 19.8 Å². The van der Waals surface area contributed by atoms with Crippen LogP contribution in [0.1, 0.15) is 22.8 Å². The van der Waals surface area contributed by atoms with Crippen LogP contribution in [0.25, 0.3) is 6.08 Å². The minimum Gasteiger partial charge on any atom is -0.503 e. The maximum atomic E-state index is 12.1. The molecule has 0 radical (unpaired) electrons. The molecule has 0 aromatic heterocycles. The molecular formula is C18H16ClNO5. The standard InChI is InChI=1S/C18H16ClNO5/c1-2-25-15-10-11(8-13(19)16(15)21)9-14(18(23)24)20-17(22)12-6-4-3-5-7-12/h3-10,21H,2H2,1H3,(H,20,22)(H,23,24). The van der Waals surface area contributed by atoms with E-state index in [0.29, 0.717) is 17.7 Å². The van der Waals surface area contributed by atoms with E-state index in [1.807, 2.05) is 0 Å². The SMILES string of the molecule is CCOc1cc(C=C(NC(=O)c2ccccc2)C(=O)O)cc(Cl)c1O. The van der Waals surface area contributed by atoms with E-state index >= 15 is 0 Å². The van der Waals surface area contributed by atoms with Crippen molar-refractivity contribution in [2.75, 3.05) is 6.61 Å². The van der Waals surface area contributed by atoms with E-state index in [4.69, 9.17) is 16.3 Å². The summed E-state index contributed by atoms with van der Waals surface area (Å²) in [5.41, 5.74) is 0.350. The third-order valence-electron chi connectivity index (χ3n) is 3.18. The Morgan fingerprint density at radius 3 is 2.52 bits per heavy atom. The largest absolute Gasteiger partial charge is 0.503 e. The number of hydrogen-bond acceptors (Lipinski definition) is 4. The predicted molar refractivity (Wildman–Crippen MR) is 93.8 cm³/mol. The molecular weight excluding hydrogens is 346 g/mol. The Kier molecular flexibility index (Phi) is 6.03. The van der Waals surface area contributed by atoms with Gasteiger partial charge in [0.15, 0.2) is 11.5 Å². The highest BCUT2D eigenvalue weighted by atomic mass is 35.5. The number of nitrogens with one attached hydrogen (secondary N) is 1. The molecule has 6 nitrogen and oxygen atoms in total. The molecule has 2 aromatic rings. The first-order valence-electron chi connectivity index (χ1n) is 7.39. The van der Waals surface area contributed by atoms with Crippen molar-refractivity contribution in [3.05, 3.63) is 64.3 Å². The highest BCUT2D eigenvalue weighted by Crippen LogP contribution is 2.35. The van der Waals surface area contributed by atoms with E-state index in [1.165, 1.54) is 18.2 Å². The third kappa shape index (κ3) is 4.74. The van der Waals surface area contributed by atoms with Gasteiger partial charge >= 0.3 is 5.97 Å². The van der Waals surface area contributed by atoms with Gasteiger partial charge < -0.3 is 20.3 Å². The maximum absolute atomic E-state index is 12.1. The average molecular weight is 362 g/mol. The first-order valence-corrected chi connectivity index (χ1v) is 7.77. The van der Waals surface area contributed by atoms with Gasteiger partial charge in [0.2, 0.25) is 0 Å². The highest BCUT2D eigenvalue weighted by Gasteiger charge is 2.15. The van der Waals surface area contributed by atoms with Crippen molar-refractivity contribution in [1.82, 2.24) is 5.32 Å². The molecule has 3 N–H and O–H groups in total. The lowest BCUT2D eigenvalue weighted by molar-refractivity contribution is -0.132. The van der Waals surface area contributed by atoms with Gasteiger partial charge in [0.05, 0.1) is 11.6 Å². The number of carbonyl (C=O) groups excluding carboxylic acids is 1. The summed E-state index contributed by atoms with van der Waals surface area (Å²) in [5.74, 6) is -1.97. The summed E-state index contributed by atoms with van der Waals surface area (Å²) in [6.07, 6.45) is 1.23. The van der Waals surface area contributed by atoms with Crippen molar-refractivity contribution < 1.29 is 24.5 Å². The van der Waals surface area contributed by atoms with Crippen LogP contribution in [0.5, 0.6) is 11.5 Å². The van der Waals surface area contributed by atoms with Crippen LogP contribution in [0.3, 0.4) is 0 Å². The van der Waals surface area contributed by atoms with Crippen molar-refractivity contribution in [2.24, 2.45) is 0 Å². The summed E-state index contributed by atoms with van der Waals surface area (Å²) >= 11 is 5.93. The van der Waals surface area contributed by atoms with Crippen molar-refractivity contribution in [3.8, 4) is 11.5 Å². The number of rotatable bonds is 6. The lowest BCUT2D eigenvalue weighted by atomic mass is 10.1. The van der Waals surface area contributed by atoms with Gasteiger partial charge in [-0.25, -0.2) is 4.79 Å². The summed E-state index contributed by atoms with van der Waals surface area (Å²) in [5, 5.41) is 21.5. The number of amides is 1. The number of aliphatic carboxylic acids is 1. The average Bonchev–Trinajstić information content (AvgIpc) is 2.59. The molecule has 1 amide bonds. The Bertz CT molecular complexity index is 818. The quantitative estimate of drug-likeness (QED) is 0.686. The smallest absolute Gasteiger partial charge is 0.352 e. The summed E-state index contributed by atoms with van der Waals surface area (Å²) in [7, 11) is 0. The van der Waals surface area contributed by atoms with E-state index < -0.39 is 11.9 Å². The number of phenols is 1. The number of carboxylic acid groups (broad SMARTS) is 1. The van der Waals surface area contributed by atoms with E-state index in [0.717, 1.165) is 0 Å². The summed E-state index contributed by atoms with van der Waals surface area (Å²) < 4.78 is 5.25. The fraction of sp³-hybridized carbons (Fsp3) is 0.111. The number of carbonyl (C=O) groups is 2. The van der Waals surface area contributed by atoms with Gasteiger partial charge in [0.25, 0.3) is 5.91 Å². The van der Waals surface area contributed by atoms with Crippen molar-refractivity contribution in [2.45, 2.75) is 6.92 Å². The molecule has 0 unspecified atom stereocenters. The minimum atomic E-state index is -1.31. The molecule has 0 aliphatic rings. The van der Waals surface area contributed by atoms with Crippen LogP contribution < -0.4 is 10.1 Å². The fourth-order valence-electron chi connectivity index (χ4n) is 2.04. The van der Waals surface area contributed by atoms with Gasteiger partial charge in [0, 0.05) is 5.56 Å². The topological polar surface area (TPSA) is 95.9 Å². The lowest BCUT2D eigenvalue weighted by Gasteiger charge is -2.10. The van der Waals surface area contributed by atoms with Crippen LogP contribution in [-0.2, 0) is 4.79 Å². The van der Waals surface area contributed by atoms with Crippen LogP contribution in [0.15, 0.2) is 48.2 Å². The number of carboxylic acids is 1. The lowest BCUT2D eigenvalue weighted by Crippen LogP contribution is -2.27. The van der Waals surface area contributed by atoms with Crippen LogP contribution in [0, 0.1) is 0 Å². The Morgan fingerprint density at radius 2 is 1.92 bits per heavy atom. The third-order valence-corrected chi connectivity index (χ3v) is 3.46. The van der Waals surface area contributed by atoms with Gasteiger partial charge in [-0.1, -0.05) is 29.8 Å². The molecule has 2 rings (SSSR count). The molecule has 0 saturated carbocycles. The van der Waals surface area contributed by atoms with E-state index in [-0.39, 0.29) is 22.2 Å². The van der Waals surface area contributed by atoms with E-state index in [2.05, 4.69) is 5.32 Å². The number of aromatic hydroxyl groups is 1. The molecule has 0 aliphatic carbocycles. The maximum Gasteiger partial charge on any atom is 0.352 e. The zero-order valence-electron chi connectivity index (χ0n) is 13.3. The number of benzene rings is 2. The molecule has 0 spiro atoms. The van der Waals surface area contributed by atoms with Gasteiger partial charge in [-0.3, -0.25) is 4.79 Å². The molecule has 0 atom stereocenters.